The summed E-state index contributed by atoms with van der Waals surface area (Å²) in [5, 5.41) is 15.1. The van der Waals surface area contributed by atoms with Crippen molar-refractivity contribution in [3.63, 3.8) is 0 Å². The van der Waals surface area contributed by atoms with Gasteiger partial charge < -0.3 is 19.9 Å². The van der Waals surface area contributed by atoms with Crippen LogP contribution < -0.4 is 10.1 Å². The summed E-state index contributed by atoms with van der Waals surface area (Å²) in [6.45, 7) is 8.94. The molecule has 158 valence electrons. The van der Waals surface area contributed by atoms with Crippen LogP contribution >= 0.6 is 11.3 Å². The fraction of sp³-hybridized carbons (Fsp3) is 0.391. The summed E-state index contributed by atoms with van der Waals surface area (Å²) < 4.78 is 12.5. The number of benzene rings is 2. The normalized spacial score (nSPS) is 23.5. The van der Waals surface area contributed by atoms with Gasteiger partial charge in [-0.1, -0.05) is 35.6 Å². The smallest absolute Gasteiger partial charge is 0.318 e. The Hall–Kier alpha value is -2.64. The molecule has 7 heteroatoms. The third kappa shape index (κ3) is 4.00. The van der Waals surface area contributed by atoms with Gasteiger partial charge in [0.25, 0.3) is 0 Å². The number of aliphatic hydroxyl groups is 1. The van der Waals surface area contributed by atoms with Crippen LogP contribution in [0.5, 0.6) is 5.75 Å². The first kappa shape index (κ1) is 20.6. The van der Waals surface area contributed by atoms with E-state index < -0.39 is 29.3 Å². The molecule has 6 nitrogen and oxygen atoms in total. The zero-order chi connectivity index (χ0) is 21.7. The fourth-order valence-corrected chi connectivity index (χ4v) is 4.71. The summed E-state index contributed by atoms with van der Waals surface area (Å²) in [5.74, 6) is -2.74. The van der Waals surface area contributed by atoms with Gasteiger partial charge in [-0.15, -0.1) is 0 Å². The maximum absolute atomic E-state index is 13.1. The van der Waals surface area contributed by atoms with Crippen LogP contribution in [-0.4, -0.2) is 27.4 Å². The second-order valence-corrected chi connectivity index (χ2v) is 9.85. The maximum Gasteiger partial charge on any atom is 0.318 e. The quantitative estimate of drug-likeness (QED) is 0.585. The van der Waals surface area contributed by atoms with E-state index in [1.165, 1.54) is 18.3 Å². The van der Waals surface area contributed by atoms with Crippen LogP contribution in [0.25, 0.3) is 10.2 Å². The van der Waals surface area contributed by atoms with Crippen molar-refractivity contribution in [2.45, 2.75) is 52.0 Å². The number of hydrogen-bond acceptors (Lipinski definition) is 7. The minimum absolute atomic E-state index is 0.525. The molecule has 0 unspecified atom stereocenters. The third-order valence-electron chi connectivity index (χ3n) is 4.96. The zero-order valence-corrected chi connectivity index (χ0v) is 18.5. The lowest BCUT2D eigenvalue weighted by Gasteiger charge is -2.42. The first-order chi connectivity index (χ1) is 14.0. The lowest BCUT2D eigenvalue weighted by atomic mass is 9.83. The molecule has 2 aromatic carbocycles. The zero-order valence-electron chi connectivity index (χ0n) is 17.7. The van der Waals surface area contributed by atoms with E-state index in [9.17, 15) is 9.90 Å². The number of rotatable bonds is 3. The fourth-order valence-electron chi connectivity index (χ4n) is 3.71. The van der Waals surface area contributed by atoms with Crippen LogP contribution in [-0.2, 0) is 9.53 Å². The van der Waals surface area contributed by atoms with Gasteiger partial charge in [-0.2, -0.15) is 0 Å². The monoisotopic (exact) mass is 426 g/mol. The van der Waals surface area contributed by atoms with Gasteiger partial charge in [-0.25, -0.2) is 4.98 Å². The third-order valence-corrected chi connectivity index (χ3v) is 5.91. The van der Waals surface area contributed by atoms with Crippen molar-refractivity contribution in [3.8, 4) is 5.75 Å². The molecule has 0 fully saturated rings. The molecule has 0 aliphatic carbocycles. The summed E-state index contributed by atoms with van der Waals surface area (Å²) >= 11 is 1.51. The highest BCUT2D eigenvalue weighted by atomic mass is 32.1. The number of fused-ring (bicyclic) bond motifs is 2. The molecule has 0 spiro atoms. The van der Waals surface area contributed by atoms with E-state index in [1.54, 1.807) is 26.8 Å². The van der Waals surface area contributed by atoms with E-state index in [1.807, 2.05) is 37.3 Å². The lowest BCUT2D eigenvalue weighted by Crippen LogP contribution is -2.53. The van der Waals surface area contributed by atoms with Gasteiger partial charge in [0, 0.05) is 12.5 Å². The average molecular weight is 427 g/mol. The highest BCUT2D eigenvalue weighted by Crippen LogP contribution is 2.46. The molecular weight excluding hydrogens is 400 g/mol. The molecule has 0 saturated heterocycles. The Kier molecular flexibility index (Phi) is 4.98. The molecular formula is C23H26N2O4S. The van der Waals surface area contributed by atoms with Gasteiger partial charge in [-0.3, -0.25) is 4.79 Å². The topological polar surface area (TPSA) is 80.7 Å². The number of ether oxygens (including phenoxy) is 2. The predicted molar refractivity (Wildman–Crippen MR) is 118 cm³/mol. The molecule has 0 radical (unpaired) electrons. The van der Waals surface area contributed by atoms with Crippen LogP contribution in [0.15, 0.2) is 42.5 Å². The molecule has 3 atom stereocenters. The molecule has 0 amide bonds. The van der Waals surface area contributed by atoms with Crippen molar-refractivity contribution in [3.05, 3.63) is 53.6 Å². The Morgan fingerprint density at radius 1 is 1.27 bits per heavy atom. The maximum atomic E-state index is 13.1. The van der Waals surface area contributed by atoms with Crippen molar-refractivity contribution >= 4 is 32.7 Å². The van der Waals surface area contributed by atoms with Crippen molar-refractivity contribution < 1.29 is 19.4 Å². The van der Waals surface area contributed by atoms with Crippen molar-refractivity contribution in [2.24, 2.45) is 5.92 Å². The molecule has 4 rings (SSSR count). The molecule has 1 aromatic heterocycles. The van der Waals surface area contributed by atoms with Crippen molar-refractivity contribution in [1.82, 2.24) is 4.98 Å². The van der Waals surface area contributed by atoms with Gasteiger partial charge in [0.1, 0.15) is 17.3 Å². The van der Waals surface area contributed by atoms with Crippen LogP contribution in [0.4, 0.5) is 5.13 Å². The second kappa shape index (κ2) is 7.25. The summed E-state index contributed by atoms with van der Waals surface area (Å²) in [6, 6.07) is 12.9. The number of hydrogen-bond donors (Lipinski definition) is 2. The van der Waals surface area contributed by atoms with E-state index >= 15 is 0 Å². The number of esters is 1. The Morgan fingerprint density at radius 3 is 2.73 bits per heavy atom. The van der Waals surface area contributed by atoms with E-state index in [-0.39, 0.29) is 0 Å². The number of nitrogens with zero attached hydrogens (tertiary/aromatic N) is 1. The number of aromatic nitrogens is 1. The molecule has 3 aromatic rings. The summed E-state index contributed by atoms with van der Waals surface area (Å²) in [5.41, 5.74) is 2.12. The number of nitrogens with one attached hydrogen (secondary N) is 1. The number of anilines is 1. The first-order valence-electron chi connectivity index (χ1n) is 9.90. The number of carbonyl (C=O) groups excluding carboxylic acids is 1. The number of aryl methyl sites for hydroxylation is 1. The summed E-state index contributed by atoms with van der Waals surface area (Å²) in [7, 11) is 0. The lowest BCUT2D eigenvalue weighted by molar-refractivity contribution is -0.206. The van der Waals surface area contributed by atoms with E-state index in [0.717, 1.165) is 21.3 Å². The minimum atomic E-state index is -1.75. The molecule has 1 aliphatic heterocycles. The largest absolute Gasteiger partial charge is 0.461 e. The van der Waals surface area contributed by atoms with Crippen LogP contribution in [0.2, 0.25) is 0 Å². The molecule has 2 heterocycles. The highest BCUT2D eigenvalue weighted by Gasteiger charge is 2.52. The predicted octanol–water partition coefficient (Wildman–Crippen LogP) is 4.82. The van der Waals surface area contributed by atoms with Crippen LogP contribution in [0.1, 0.15) is 44.9 Å². The molecule has 2 N–H and O–H groups in total. The average Bonchev–Trinajstić information content (AvgIpc) is 3.00. The highest BCUT2D eigenvalue weighted by molar-refractivity contribution is 7.22. The SMILES string of the molecule is Cc1ccc2nc(N[C@@H]3c4ccccc4O[C@@](C)(O)[C@H]3C(=O)OC(C)(C)C)sc2c1. The van der Waals surface area contributed by atoms with Gasteiger partial charge >= 0.3 is 5.97 Å². The molecule has 0 saturated carbocycles. The molecule has 30 heavy (non-hydrogen) atoms. The van der Waals surface area contributed by atoms with E-state index in [0.29, 0.717) is 10.9 Å². The molecule has 1 aliphatic rings. The Morgan fingerprint density at radius 2 is 2.00 bits per heavy atom. The van der Waals surface area contributed by atoms with E-state index in [2.05, 4.69) is 16.4 Å². The van der Waals surface area contributed by atoms with Gasteiger partial charge in [0.05, 0.1) is 16.3 Å². The standard InChI is InChI=1S/C23H26N2O4S/c1-13-10-11-15-17(12-13)30-21(24-15)25-19-14-8-6-7-9-16(14)28-23(5,27)18(19)20(26)29-22(2,3)4/h6-12,18-19,27H,1-5H3,(H,24,25)/t18-,19-,23-/m1/s1. The summed E-state index contributed by atoms with van der Waals surface area (Å²) in [6.07, 6.45) is 0. The Bertz CT molecular complexity index is 1100. The van der Waals surface area contributed by atoms with Gasteiger partial charge in [-0.05, 0) is 51.5 Å². The van der Waals surface area contributed by atoms with Gasteiger partial charge in [0.2, 0.25) is 5.79 Å². The van der Waals surface area contributed by atoms with Gasteiger partial charge in [0.15, 0.2) is 5.13 Å². The number of para-hydroxylation sites is 1. The van der Waals surface area contributed by atoms with Crippen LogP contribution in [0, 0.1) is 12.8 Å². The van der Waals surface area contributed by atoms with Crippen LogP contribution in [0.3, 0.4) is 0 Å². The summed E-state index contributed by atoms with van der Waals surface area (Å²) in [4.78, 5) is 17.8. The first-order valence-corrected chi connectivity index (χ1v) is 10.7. The second-order valence-electron chi connectivity index (χ2n) is 8.82. The number of thiazole rings is 1. The Balaban J connectivity index is 1.77. The molecule has 0 bridgehead atoms. The number of carbonyl (C=O) groups is 1. The Labute approximate surface area is 179 Å². The van der Waals surface area contributed by atoms with Crippen molar-refractivity contribution in [2.75, 3.05) is 5.32 Å². The van der Waals surface area contributed by atoms with Crippen molar-refractivity contribution in [1.29, 1.82) is 0 Å². The minimum Gasteiger partial charge on any atom is -0.461 e. The van der Waals surface area contributed by atoms with E-state index in [4.69, 9.17) is 9.47 Å².